The van der Waals surface area contributed by atoms with Gasteiger partial charge < -0.3 is 15.1 Å². The van der Waals surface area contributed by atoms with E-state index in [2.05, 4.69) is 0 Å². The van der Waals surface area contributed by atoms with Gasteiger partial charge in [0.1, 0.15) is 5.58 Å². The Balaban J connectivity index is 1.69. The van der Waals surface area contributed by atoms with Crippen LogP contribution in [0.1, 0.15) is 22.5 Å². The highest BCUT2D eigenvalue weighted by Crippen LogP contribution is 2.31. The van der Waals surface area contributed by atoms with Gasteiger partial charge in [-0.3, -0.25) is 9.59 Å². The third-order valence-corrected chi connectivity index (χ3v) is 5.84. The average Bonchev–Trinajstić information content (AvgIpc) is 3.07. The van der Waals surface area contributed by atoms with Crippen LogP contribution in [-0.2, 0) is 4.79 Å². The number of hydrogen-bond donors (Lipinski definition) is 1. The number of nitrogens with zero attached hydrogens (tertiary/aromatic N) is 1. The van der Waals surface area contributed by atoms with Crippen molar-refractivity contribution in [3.63, 3.8) is 0 Å². The maximum absolute atomic E-state index is 12.8. The van der Waals surface area contributed by atoms with Crippen molar-refractivity contribution in [2.24, 2.45) is 11.7 Å². The van der Waals surface area contributed by atoms with Gasteiger partial charge in [-0.15, -0.1) is 11.3 Å². The van der Waals surface area contributed by atoms with Crippen molar-refractivity contribution in [1.29, 1.82) is 0 Å². The highest BCUT2D eigenvalue weighted by molar-refractivity contribution is 7.21. The summed E-state index contributed by atoms with van der Waals surface area (Å²) in [4.78, 5) is 38.4. The van der Waals surface area contributed by atoms with E-state index in [9.17, 15) is 14.4 Å². The Bertz CT molecular complexity index is 1040. The van der Waals surface area contributed by atoms with E-state index in [1.165, 1.54) is 11.3 Å². The SMILES string of the molecule is NC(=O)C1CCN(C(=O)c2cc3c(=O)oc4ccccc4c3s2)CC1. The van der Waals surface area contributed by atoms with E-state index in [1.54, 1.807) is 23.1 Å². The number of rotatable bonds is 2. The van der Waals surface area contributed by atoms with E-state index >= 15 is 0 Å². The number of nitrogens with two attached hydrogens (primary N) is 1. The van der Waals surface area contributed by atoms with Gasteiger partial charge in [-0.05, 0) is 31.0 Å². The van der Waals surface area contributed by atoms with Crippen molar-refractivity contribution in [3.05, 3.63) is 45.6 Å². The average molecular weight is 356 g/mol. The Kier molecular flexibility index (Phi) is 3.80. The van der Waals surface area contributed by atoms with Gasteiger partial charge in [0, 0.05) is 24.4 Å². The summed E-state index contributed by atoms with van der Waals surface area (Å²) >= 11 is 1.31. The minimum atomic E-state index is -0.434. The third kappa shape index (κ3) is 2.70. The van der Waals surface area contributed by atoms with Crippen LogP contribution in [0.25, 0.3) is 21.1 Å². The molecule has 0 aliphatic carbocycles. The lowest BCUT2D eigenvalue weighted by molar-refractivity contribution is -0.123. The molecule has 2 N–H and O–H groups in total. The summed E-state index contributed by atoms with van der Waals surface area (Å²) in [5.41, 5.74) is 5.42. The monoisotopic (exact) mass is 356 g/mol. The molecule has 6 nitrogen and oxygen atoms in total. The van der Waals surface area contributed by atoms with Gasteiger partial charge in [-0.2, -0.15) is 0 Å². The summed E-state index contributed by atoms with van der Waals surface area (Å²) < 4.78 is 6.09. The number of carbonyl (C=O) groups is 2. The fraction of sp³-hybridized carbons (Fsp3) is 0.278. The van der Waals surface area contributed by atoms with Crippen LogP contribution in [0.3, 0.4) is 0 Å². The third-order valence-electron chi connectivity index (χ3n) is 4.68. The largest absolute Gasteiger partial charge is 0.422 e. The fourth-order valence-corrected chi connectivity index (χ4v) is 4.41. The molecule has 0 bridgehead atoms. The predicted molar refractivity (Wildman–Crippen MR) is 95.7 cm³/mol. The lowest BCUT2D eigenvalue weighted by atomic mass is 9.96. The lowest BCUT2D eigenvalue weighted by Gasteiger charge is -2.30. The molecule has 0 unspecified atom stereocenters. The maximum atomic E-state index is 12.8. The zero-order valence-corrected chi connectivity index (χ0v) is 14.2. The molecular formula is C18H16N2O4S. The molecule has 1 aliphatic rings. The number of piperidine rings is 1. The number of thiophene rings is 1. The van der Waals surface area contributed by atoms with Crippen molar-refractivity contribution in [1.82, 2.24) is 4.90 Å². The summed E-state index contributed by atoms with van der Waals surface area (Å²) in [6.07, 6.45) is 1.16. The molecule has 2 aromatic heterocycles. The van der Waals surface area contributed by atoms with Crippen molar-refractivity contribution in [3.8, 4) is 0 Å². The maximum Gasteiger partial charge on any atom is 0.345 e. The Morgan fingerprint density at radius 2 is 1.88 bits per heavy atom. The van der Waals surface area contributed by atoms with Crippen LogP contribution in [0.15, 0.2) is 39.5 Å². The van der Waals surface area contributed by atoms with Crippen LogP contribution < -0.4 is 11.4 Å². The molecule has 1 fully saturated rings. The van der Waals surface area contributed by atoms with Crippen LogP contribution in [0, 0.1) is 5.92 Å². The van der Waals surface area contributed by atoms with Crippen LogP contribution in [0.5, 0.6) is 0 Å². The Morgan fingerprint density at radius 1 is 1.16 bits per heavy atom. The zero-order valence-electron chi connectivity index (χ0n) is 13.4. The highest BCUT2D eigenvalue weighted by atomic mass is 32.1. The van der Waals surface area contributed by atoms with E-state index < -0.39 is 5.63 Å². The van der Waals surface area contributed by atoms with Gasteiger partial charge in [-0.1, -0.05) is 12.1 Å². The Hall–Kier alpha value is -2.67. The first kappa shape index (κ1) is 15.8. The standard InChI is InChI=1S/C18H16N2O4S/c19-16(21)10-5-7-20(8-6-10)17(22)14-9-12-15(25-14)11-3-1-2-4-13(11)24-18(12)23/h1-4,9-10H,5-8H2,(H2,19,21). The minimum absolute atomic E-state index is 0.118. The van der Waals surface area contributed by atoms with E-state index in [0.29, 0.717) is 41.8 Å². The molecule has 4 rings (SSSR count). The Labute approximate surface area is 146 Å². The normalized spacial score (nSPS) is 15.8. The topological polar surface area (TPSA) is 93.6 Å². The van der Waals surface area contributed by atoms with Crippen LogP contribution in [0.2, 0.25) is 0 Å². The first-order valence-electron chi connectivity index (χ1n) is 8.08. The summed E-state index contributed by atoms with van der Waals surface area (Å²) in [5, 5.41) is 1.26. The van der Waals surface area contributed by atoms with Crippen molar-refractivity contribution < 1.29 is 14.0 Å². The number of fused-ring (bicyclic) bond motifs is 3. The van der Waals surface area contributed by atoms with Gasteiger partial charge in [0.25, 0.3) is 5.91 Å². The molecule has 1 saturated heterocycles. The molecule has 0 atom stereocenters. The van der Waals surface area contributed by atoms with E-state index in [-0.39, 0.29) is 17.7 Å². The number of carbonyl (C=O) groups excluding carboxylic acids is 2. The zero-order chi connectivity index (χ0) is 17.6. The second-order valence-corrected chi connectivity index (χ2v) is 7.26. The van der Waals surface area contributed by atoms with Gasteiger partial charge in [0.05, 0.1) is 15.0 Å². The summed E-state index contributed by atoms with van der Waals surface area (Å²) in [7, 11) is 0. The van der Waals surface area contributed by atoms with Crippen molar-refractivity contribution >= 4 is 44.2 Å². The smallest absolute Gasteiger partial charge is 0.345 e. The minimum Gasteiger partial charge on any atom is -0.422 e. The first-order chi connectivity index (χ1) is 12.0. The van der Waals surface area contributed by atoms with Crippen LogP contribution in [-0.4, -0.2) is 29.8 Å². The number of hydrogen-bond acceptors (Lipinski definition) is 5. The molecule has 1 aliphatic heterocycles. The summed E-state index contributed by atoms with van der Waals surface area (Å²) in [6.45, 7) is 0.992. The molecule has 3 aromatic rings. The highest BCUT2D eigenvalue weighted by Gasteiger charge is 2.27. The molecule has 0 saturated carbocycles. The number of para-hydroxylation sites is 1. The quantitative estimate of drug-likeness (QED) is 0.713. The van der Waals surface area contributed by atoms with Crippen LogP contribution >= 0.6 is 11.3 Å². The second kappa shape index (κ2) is 6.00. The number of benzene rings is 1. The number of primary amides is 1. The van der Waals surface area contributed by atoms with E-state index in [0.717, 1.165) is 10.1 Å². The summed E-state index contributed by atoms with van der Waals surface area (Å²) in [5.74, 6) is -0.590. The molecule has 3 heterocycles. The first-order valence-corrected chi connectivity index (χ1v) is 8.90. The fourth-order valence-electron chi connectivity index (χ4n) is 3.27. The van der Waals surface area contributed by atoms with Gasteiger partial charge in [-0.25, -0.2) is 4.79 Å². The van der Waals surface area contributed by atoms with E-state index in [1.807, 2.05) is 12.1 Å². The second-order valence-electron chi connectivity index (χ2n) is 6.21. The van der Waals surface area contributed by atoms with Gasteiger partial charge >= 0.3 is 5.63 Å². The lowest BCUT2D eigenvalue weighted by Crippen LogP contribution is -2.41. The van der Waals surface area contributed by atoms with Gasteiger partial charge in [0.2, 0.25) is 5.91 Å². The molecule has 0 radical (unpaired) electrons. The Morgan fingerprint density at radius 3 is 2.60 bits per heavy atom. The molecule has 1 aromatic carbocycles. The van der Waals surface area contributed by atoms with E-state index in [4.69, 9.17) is 10.2 Å². The number of likely N-dealkylation sites (tertiary alicyclic amines) is 1. The molecule has 128 valence electrons. The number of amides is 2. The van der Waals surface area contributed by atoms with Gasteiger partial charge in [0.15, 0.2) is 0 Å². The molecule has 25 heavy (non-hydrogen) atoms. The van der Waals surface area contributed by atoms with Crippen LogP contribution in [0.4, 0.5) is 0 Å². The van der Waals surface area contributed by atoms with Crippen molar-refractivity contribution in [2.75, 3.05) is 13.1 Å². The molecule has 7 heteroatoms. The molecular weight excluding hydrogens is 340 g/mol. The molecule has 2 amide bonds. The molecule has 0 spiro atoms. The summed E-state index contributed by atoms with van der Waals surface area (Å²) in [6, 6.07) is 8.91. The predicted octanol–water partition coefficient (Wildman–Crippen LogP) is 2.35. The van der Waals surface area contributed by atoms with Crippen molar-refractivity contribution in [2.45, 2.75) is 12.8 Å².